The second-order valence-electron chi connectivity index (χ2n) is 4.25. The normalized spacial score (nSPS) is 10.8. The van der Waals surface area contributed by atoms with E-state index in [9.17, 15) is 0 Å². The number of aryl methyl sites for hydroxylation is 2. The Morgan fingerprint density at radius 2 is 2.06 bits per heavy atom. The van der Waals surface area contributed by atoms with Crippen LogP contribution in [-0.2, 0) is 0 Å². The maximum Gasteiger partial charge on any atom is 0.153 e. The van der Waals surface area contributed by atoms with Crippen molar-refractivity contribution in [3.05, 3.63) is 41.9 Å². The second kappa shape index (κ2) is 4.10. The maximum atomic E-state index is 4.31. The molecule has 0 unspecified atom stereocenters. The van der Waals surface area contributed by atoms with Gasteiger partial charge in [-0.1, -0.05) is 12.1 Å². The standard InChI is InChI=1S/C13H13N5/c1-8-4-3-5-10-12(8)14-7-15-13(10)16-11-6-9(2)17-18-11/h3-7H,1-2H3,(H2,14,15,16,17,18). The van der Waals surface area contributed by atoms with Crippen LogP contribution < -0.4 is 5.32 Å². The predicted octanol–water partition coefficient (Wildman–Crippen LogP) is 2.71. The molecular formula is C13H13N5. The van der Waals surface area contributed by atoms with Crippen LogP contribution in [0.15, 0.2) is 30.6 Å². The molecule has 2 N–H and O–H groups in total. The van der Waals surface area contributed by atoms with Crippen molar-refractivity contribution in [3.8, 4) is 0 Å². The predicted molar refractivity (Wildman–Crippen MR) is 70.9 cm³/mol. The minimum absolute atomic E-state index is 0.758. The zero-order valence-corrected chi connectivity index (χ0v) is 10.2. The summed E-state index contributed by atoms with van der Waals surface area (Å²) in [7, 11) is 0. The van der Waals surface area contributed by atoms with Crippen LogP contribution in [0.5, 0.6) is 0 Å². The highest BCUT2D eigenvalue weighted by atomic mass is 15.2. The van der Waals surface area contributed by atoms with Gasteiger partial charge in [0.2, 0.25) is 0 Å². The van der Waals surface area contributed by atoms with E-state index in [1.54, 1.807) is 6.33 Å². The lowest BCUT2D eigenvalue weighted by Crippen LogP contribution is -1.97. The highest BCUT2D eigenvalue weighted by Crippen LogP contribution is 2.23. The van der Waals surface area contributed by atoms with Crippen molar-refractivity contribution in [2.75, 3.05) is 5.32 Å². The summed E-state index contributed by atoms with van der Waals surface area (Å²) in [5.41, 5.74) is 3.10. The first-order valence-electron chi connectivity index (χ1n) is 5.73. The summed E-state index contributed by atoms with van der Waals surface area (Å²) < 4.78 is 0. The third-order valence-electron chi connectivity index (χ3n) is 2.82. The fourth-order valence-electron chi connectivity index (χ4n) is 1.94. The van der Waals surface area contributed by atoms with Gasteiger partial charge in [0.25, 0.3) is 0 Å². The first-order valence-corrected chi connectivity index (χ1v) is 5.73. The van der Waals surface area contributed by atoms with E-state index in [0.29, 0.717) is 0 Å². The Bertz CT molecular complexity index is 701. The number of hydrogen-bond acceptors (Lipinski definition) is 4. The molecule has 0 aliphatic heterocycles. The zero-order chi connectivity index (χ0) is 12.5. The molecule has 2 aromatic heterocycles. The van der Waals surface area contributed by atoms with Crippen LogP contribution in [-0.4, -0.2) is 20.2 Å². The van der Waals surface area contributed by atoms with Gasteiger partial charge in [0.05, 0.1) is 5.52 Å². The summed E-state index contributed by atoms with van der Waals surface area (Å²) in [6.45, 7) is 4.00. The number of rotatable bonds is 2. The largest absolute Gasteiger partial charge is 0.323 e. The van der Waals surface area contributed by atoms with Crippen molar-refractivity contribution in [1.82, 2.24) is 20.2 Å². The van der Waals surface area contributed by atoms with Gasteiger partial charge in [0.1, 0.15) is 12.1 Å². The topological polar surface area (TPSA) is 66.5 Å². The molecule has 5 nitrogen and oxygen atoms in total. The number of aromatic nitrogens is 4. The lowest BCUT2D eigenvalue weighted by Gasteiger charge is -2.06. The Labute approximate surface area is 104 Å². The second-order valence-corrected chi connectivity index (χ2v) is 4.25. The van der Waals surface area contributed by atoms with Gasteiger partial charge in [-0.3, -0.25) is 5.10 Å². The molecule has 3 rings (SSSR count). The van der Waals surface area contributed by atoms with Crippen LogP contribution in [0.4, 0.5) is 11.6 Å². The lowest BCUT2D eigenvalue weighted by atomic mass is 10.1. The summed E-state index contributed by atoms with van der Waals surface area (Å²) in [6, 6.07) is 7.98. The number of para-hydroxylation sites is 1. The van der Waals surface area contributed by atoms with Gasteiger partial charge in [0, 0.05) is 17.1 Å². The van der Waals surface area contributed by atoms with Crippen molar-refractivity contribution >= 4 is 22.5 Å². The Morgan fingerprint density at radius 3 is 2.83 bits per heavy atom. The minimum atomic E-state index is 0.758. The SMILES string of the molecule is Cc1cc(Nc2ncnc3c(C)cccc23)n[nH]1. The molecule has 1 aromatic carbocycles. The molecule has 3 aromatic rings. The van der Waals surface area contributed by atoms with E-state index in [1.807, 2.05) is 38.1 Å². The first-order chi connectivity index (χ1) is 8.74. The molecule has 0 bridgehead atoms. The van der Waals surface area contributed by atoms with Crippen molar-refractivity contribution in [1.29, 1.82) is 0 Å². The first kappa shape index (κ1) is 10.7. The molecule has 0 radical (unpaired) electrons. The van der Waals surface area contributed by atoms with E-state index in [0.717, 1.165) is 33.8 Å². The molecule has 0 aliphatic carbocycles. The van der Waals surface area contributed by atoms with Gasteiger partial charge in [-0.25, -0.2) is 9.97 Å². The summed E-state index contributed by atoms with van der Waals surface area (Å²) in [6.07, 6.45) is 1.57. The van der Waals surface area contributed by atoms with E-state index in [2.05, 4.69) is 25.5 Å². The summed E-state index contributed by atoms with van der Waals surface area (Å²) in [4.78, 5) is 8.59. The number of aromatic amines is 1. The molecule has 0 atom stereocenters. The van der Waals surface area contributed by atoms with E-state index in [-0.39, 0.29) is 0 Å². The van der Waals surface area contributed by atoms with E-state index < -0.39 is 0 Å². The Morgan fingerprint density at radius 1 is 1.17 bits per heavy atom. The Hall–Kier alpha value is -2.43. The number of fused-ring (bicyclic) bond motifs is 1. The molecule has 90 valence electrons. The minimum Gasteiger partial charge on any atom is -0.323 e. The van der Waals surface area contributed by atoms with Gasteiger partial charge in [0.15, 0.2) is 5.82 Å². The van der Waals surface area contributed by atoms with Crippen molar-refractivity contribution < 1.29 is 0 Å². The lowest BCUT2D eigenvalue weighted by molar-refractivity contribution is 1.05. The van der Waals surface area contributed by atoms with E-state index >= 15 is 0 Å². The number of anilines is 2. The quantitative estimate of drug-likeness (QED) is 0.721. The molecule has 18 heavy (non-hydrogen) atoms. The molecule has 0 aliphatic rings. The van der Waals surface area contributed by atoms with Gasteiger partial charge in [-0.15, -0.1) is 0 Å². The number of benzene rings is 1. The van der Waals surface area contributed by atoms with Crippen LogP contribution in [0.1, 0.15) is 11.3 Å². The molecule has 0 amide bonds. The fraction of sp³-hybridized carbons (Fsp3) is 0.154. The van der Waals surface area contributed by atoms with Crippen LogP contribution >= 0.6 is 0 Å². The smallest absolute Gasteiger partial charge is 0.153 e. The number of nitrogens with one attached hydrogen (secondary N) is 2. The molecule has 2 heterocycles. The highest BCUT2D eigenvalue weighted by Gasteiger charge is 2.06. The van der Waals surface area contributed by atoms with Crippen LogP contribution in [0, 0.1) is 13.8 Å². The average molecular weight is 239 g/mol. The van der Waals surface area contributed by atoms with Crippen molar-refractivity contribution in [2.24, 2.45) is 0 Å². The fourth-order valence-corrected chi connectivity index (χ4v) is 1.94. The van der Waals surface area contributed by atoms with Crippen LogP contribution in [0.25, 0.3) is 10.9 Å². The summed E-state index contributed by atoms with van der Waals surface area (Å²) in [5.74, 6) is 1.53. The molecular weight excluding hydrogens is 226 g/mol. The van der Waals surface area contributed by atoms with E-state index in [1.165, 1.54) is 0 Å². The van der Waals surface area contributed by atoms with Gasteiger partial charge in [-0.2, -0.15) is 5.10 Å². The third kappa shape index (κ3) is 1.79. The average Bonchev–Trinajstić information content (AvgIpc) is 2.76. The molecule has 5 heteroatoms. The zero-order valence-electron chi connectivity index (χ0n) is 10.2. The highest BCUT2D eigenvalue weighted by molar-refractivity contribution is 5.92. The van der Waals surface area contributed by atoms with Crippen LogP contribution in [0.3, 0.4) is 0 Å². The summed E-state index contributed by atoms with van der Waals surface area (Å²) >= 11 is 0. The van der Waals surface area contributed by atoms with Gasteiger partial charge in [-0.05, 0) is 25.5 Å². The molecule has 0 fully saturated rings. The maximum absolute atomic E-state index is 4.31. The molecule has 0 saturated carbocycles. The number of H-pyrrole nitrogens is 1. The Kier molecular flexibility index (Phi) is 2.44. The van der Waals surface area contributed by atoms with E-state index in [4.69, 9.17) is 0 Å². The number of hydrogen-bond donors (Lipinski definition) is 2. The van der Waals surface area contributed by atoms with Crippen LogP contribution in [0.2, 0.25) is 0 Å². The van der Waals surface area contributed by atoms with Gasteiger partial charge >= 0.3 is 0 Å². The van der Waals surface area contributed by atoms with Crippen molar-refractivity contribution in [2.45, 2.75) is 13.8 Å². The third-order valence-corrected chi connectivity index (χ3v) is 2.82. The van der Waals surface area contributed by atoms with Gasteiger partial charge < -0.3 is 5.32 Å². The molecule has 0 saturated heterocycles. The summed E-state index contributed by atoms with van der Waals surface area (Å²) in [5, 5.41) is 11.2. The monoisotopic (exact) mass is 239 g/mol. The Balaban J connectivity index is 2.09. The molecule has 0 spiro atoms. The van der Waals surface area contributed by atoms with Crippen molar-refractivity contribution in [3.63, 3.8) is 0 Å². The number of nitrogens with zero attached hydrogens (tertiary/aromatic N) is 3.